The van der Waals surface area contributed by atoms with Gasteiger partial charge in [-0.05, 0) is 31.8 Å². The normalized spacial score (nSPS) is 17.4. The first-order chi connectivity index (χ1) is 9.80. The smallest absolute Gasteiger partial charge is 0.191 e. The quantitative estimate of drug-likeness (QED) is 0.266. The van der Waals surface area contributed by atoms with E-state index in [0.717, 1.165) is 38.1 Å². The van der Waals surface area contributed by atoms with E-state index in [1.54, 1.807) is 21.3 Å². The van der Waals surface area contributed by atoms with Crippen LogP contribution in [0.3, 0.4) is 0 Å². The van der Waals surface area contributed by atoms with Crippen molar-refractivity contribution in [3.05, 3.63) is 0 Å². The Morgan fingerprint density at radius 2 is 1.81 bits per heavy atom. The highest BCUT2D eigenvalue weighted by molar-refractivity contribution is 14.0. The topological polar surface area (TPSA) is 58.1 Å². The van der Waals surface area contributed by atoms with Crippen molar-refractivity contribution in [3.63, 3.8) is 0 Å². The van der Waals surface area contributed by atoms with Crippen molar-refractivity contribution in [2.45, 2.75) is 12.8 Å². The van der Waals surface area contributed by atoms with Crippen molar-refractivity contribution < 1.29 is 9.47 Å². The van der Waals surface area contributed by atoms with Crippen LogP contribution in [0.25, 0.3) is 0 Å². The van der Waals surface area contributed by atoms with Crippen LogP contribution in [0.4, 0.5) is 0 Å². The number of aliphatic imine (C=N–C) groups is 1. The number of methoxy groups -OCH3 is 2. The zero-order chi connectivity index (χ0) is 14.6. The number of piperidine rings is 1. The van der Waals surface area contributed by atoms with Crippen LogP contribution in [-0.2, 0) is 9.47 Å². The molecule has 0 radical (unpaired) electrons. The molecule has 1 aliphatic heterocycles. The van der Waals surface area contributed by atoms with Gasteiger partial charge in [-0.3, -0.25) is 4.99 Å². The zero-order valence-electron chi connectivity index (χ0n) is 13.6. The fraction of sp³-hybridized carbons (Fsp3) is 0.929. The van der Waals surface area contributed by atoms with E-state index in [2.05, 4.69) is 20.5 Å². The Hall–Kier alpha value is -0.120. The van der Waals surface area contributed by atoms with Crippen molar-refractivity contribution in [3.8, 4) is 0 Å². The first-order valence-corrected chi connectivity index (χ1v) is 7.45. The minimum absolute atomic E-state index is 0. The van der Waals surface area contributed by atoms with E-state index in [1.165, 1.54) is 25.9 Å². The van der Waals surface area contributed by atoms with Gasteiger partial charge < -0.3 is 25.0 Å². The van der Waals surface area contributed by atoms with Gasteiger partial charge in [0.25, 0.3) is 0 Å². The van der Waals surface area contributed by atoms with Gasteiger partial charge in [0.1, 0.15) is 0 Å². The Bertz CT molecular complexity index is 272. The minimum Gasteiger partial charge on any atom is -0.383 e. The minimum atomic E-state index is 0. The lowest BCUT2D eigenvalue weighted by molar-refractivity contribution is 0.121. The molecule has 0 aromatic heterocycles. The zero-order valence-corrected chi connectivity index (χ0v) is 15.9. The summed E-state index contributed by atoms with van der Waals surface area (Å²) in [7, 11) is 5.27. The van der Waals surface area contributed by atoms with E-state index in [-0.39, 0.29) is 24.0 Å². The second-order valence-electron chi connectivity index (χ2n) is 5.15. The molecule has 1 fully saturated rings. The summed E-state index contributed by atoms with van der Waals surface area (Å²) in [6.07, 6.45) is 2.48. The molecule has 0 aromatic carbocycles. The Morgan fingerprint density at radius 1 is 1.14 bits per heavy atom. The molecule has 2 N–H and O–H groups in total. The van der Waals surface area contributed by atoms with Gasteiger partial charge in [-0.2, -0.15) is 0 Å². The molecule has 7 heteroatoms. The third-order valence-electron chi connectivity index (χ3n) is 3.70. The molecule has 0 aliphatic carbocycles. The molecule has 0 saturated carbocycles. The van der Waals surface area contributed by atoms with E-state index < -0.39 is 0 Å². The van der Waals surface area contributed by atoms with E-state index in [4.69, 9.17) is 9.47 Å². The van der Waals surface area contributed by atoms with Gasteiger partial charge in [-0.15, -0.1) is 24.0 Å². The summed E-state index contributed by atoms with van der Waals surface area (Å²) in [4.78, 5) is 6.69. The van der Waals surface area contributed by atoms with Crippen molar-refractivity contribution in [2.75, 3.05) is 67.2 Å². The molecular weight excluding hydrogens is 383 g/mol. The maximum Gasteiger partial charge on any atom is 0.191 e. The summed E-state index contributed by atoms with van der Waals surface area (Å²) in [5.41, 5.74) is 0. The second-order valence-corrected chi connectivity index (χ2v) is 5.15. The maximum atomic E-state index is 5.12. The number of likely N-dealkylation sites (tertiary alicyclic amines) is 1. The molecule has 0 atom stereocenters. The fourth-order valence-corrected chi connectivity index (χ4v) is 2.37. The lowest BCUT2D eigenvalue weighted by Crippen LogP contribution is -2.44. The number of nitrogens with zero attached hydrogens (tertiary/aromatic N) is 2. The standard InChI is InChI=1S/C14H30N4O2.HI/c1-15-14(16-6-10-19-2)17-12-13-4-7-18(8-5-13)9-11-20-3;/h13H,4-12H2,1-3H3,(H2,15,16,17);1H. The number of ether oxygens (including phenoxy) is 2. The van der Waals surface area contributed by atoms with Gasteiger partial charge in [0.05, 0.1) is 13.2 Å². The van der Waals surface area contributed by atoms with Gasteiger partial charge in [-0.25, -0.2) is 0 Å². The first-order valence-electron chi connectivity index (χ1n) is 7.45. The lowest BCUT2D eigenvalue weighted by atomic mass is 9.97. The molecule has 21 heavy (non-hydrogen) atoms. The molecule has 126 valence electrons. The molecule has 0 unspecified atom stereocenters. The Labute approximate surface area is 146 Å². The van der Waals surface area contributed by atoms with E-state index >= 15 is 0 Å². The van der Waals surface area contributed by atoms with Crippen LogP contribution in [0.5, 0.6) is 0 Å². The summed E-state index contributed by atoms with van der Waals surface area (Å²) < 4.78 is 10.1. The average molecular weight is 414 g/mol. The number of rotatable bonds is 8. The molecule has 0 bridgehead atoms. The molecule has 1 rings (SSSR count). The molecular formula is C14H31IN4O2. The predicted octanol–water partition coefficient (Wildman–Crippen LogP) is 0.774. The van der Waals surface area contributed by atoms with Crippen molar-refractivity contribution in [1.82, 2.24) is 15.5 Å². The Balaban J connectivity index is 0.00000400. The lowest BCUT2D eigenvalue weighted by Gasteiger charge is -2.32. The number of hydrogen-bond donors (Lipinski definition) is 2. The number of halogens is 1. The van der Waals surface area contributed by atoms with Crippen molar-refractivity contribution in [1.29, 1.82) is 0 Å². The summed E-state index contributed by atoms with van der Waals surface area (Å²) in [6, 6.07) is 0. The largest absolute Gasteiger partial charge is 0.383 e. The van der Waals surface area contributed by atoms with Crippen LogP contribution in [0.15, 0.2) is 4.99 Å². The first kappa shape index (κ1) is 20.9. The van der Waals surface area contributed by atoms with E-state index in [9.17, 15) is 0 Å². The summed E-state index contributed by atoms with van der Waals surface area (Å²) in [5, 5.41) is 6.63. The molecule has 1 aliphatic rings. The maximum absolute atomic E-state index is 5.12. The third kappa shape index (κ3) is 9.49. The SMILES string of the molecule is CN=C(NCCOC)NCC1CCN(CCOC)CC1.I. The van der Waals surface area contributed by atoms with Gasteiger partial charge >= 0.3 is 0 Å². The number of hydrogen-bond acceptors (Lipinski definition) is 4. The molecule has 6 nitrogen and oxygen atoms in total. The molecule has 1 saturated heterocycles. The van der Waals surface area contributed by atoms with Gasteiger partial charge in [0.15, 0.2) is 5.96 Å². The summed E-state index contributed by atoms with van der Waals surface area (Å²) in [6.45, 7) is 6.70. The number of nitrogens with one attached hydrogen (secondary N) is 2. The highest BCUT2D eigenvalue weighted by atomic mass is 127. The van der Waals surface area contributed by atoms with Crippen LogP contribution < -0.4 is 10.6 Å². The van der Waals surface area contributed by atoms with Crippen LogP contribution in [0.1, 0.15) is 12.8 Å². The van der Waals surface area contributed by atoms with Crippen molar-refractivity contribution in [2.24, 2.45) is 10.9 Å². The highest BCUT2D eigenvalue weighted by Gasteiger charge is 2.18. The summed E-state index contributed by atoms with van der Waals surface area (Å²) in [5.74, 6) is 1.60. The van der Waals surface area contributed by atoms with Crippen molar-refractivity contribution >= 4 is 29.9 Å². The van der Waals surface area contributed by atoms with Gasteiger partial charge in [0.2, 0.25) is 0 Å². The average Bonchev–Trinajstić information content (AvgIpc) is 2.49. The molecule has 0 aromatic rings. The van der Waals surface area contributed by atoms with Crippen LogP contribution in [0, 0.1) is 5.92 Å². The third-order valence-corrected chi connectivity index (χ3v) is 3.70. The van der Waals surface area contributed by atoms with Crippen LogP contribution in [-0.4, -0.2) is 78.1 Å². The van der Waals surface area contributed by atoms with Crippen LogP contribution >= 0.6 is 24.0 Å². The predicted molar refractivity (Wildman–Crippen MR) is 97.7 cm³/mol. The Morgan fingerprint density at radius 3 is 2.38 bits per heavy atom. The molecule has 0 amide bonds. The second kappa shape index (κ2) is 13.5. The molecule has 0 spiro atoms. The highest BCUT2D eigenvalue weighted by Crippen LogP contribution is 2.15. The van der Waals surface area contributed by atoms with E-state index in [1.807, 2.05) is 0 Å². The van der Waals surface area contributed by atoms with Gasteiger partial charge in [0, 0.05) is 40.9 Å². The van der Waals surface area contributed by atoms with E-state index in [0.29, 0.717) is 6.61 Å². The summed E-state index contributed by atoms with van der Waals surface area (Å²) >= 11 is 0. The fourth-order valence-electron chi connectivity index (χ4n) is 2.37. The monoisotopic (exact) mass is 414 g/mol. The number of guanidine groups is 1. The molecule has 1 heterocycles. The Kier molecular flexibility index (Phi) is 13.5. The van der Waals surface area contributed by atoms with Crippen LogP contribution in [0.2, 0.25) is 0 Å². The van der Waals surface area contributed by atoms with Gasteiger partial charge in [-0.1, -0.05) is 0 Å².